The molecule has 0 atom stereocenters. The maximum Gasteiger partial charge on any atom is 0.254 e. The van der Waals surface area contributed by atoms with Crippen LogP contribution in [0.4, 0.5) is 5.69 Å². The summed E-state index contributed by atoms with van der Waals surface area (Å²) in [5, 5.41) is 0. The van der Waals surface area contributed by atoms with Gasteiger partial charge in [-0.1, -0.05) is 0 Å². The molecule has 1 fully saturated rings. The Labute approximate surface area is 147 Å². The van der Waals surface area contributed by atoms with Crippen LogP contribution in [0.25, 0.3) is 0 Å². The first-order chi connectivity index (χ1) is 11.9. The second kappa shape index (κ2) is 5.91. The van der Waals surface area contributed by atoms with Crippen molar-refractivity contribution in [1.29, 1.82) is 0 Å². The van der Waals surface area contributed by atoms with Crippen LogP contribution in [0.1, 0.15) is 34.5 Å². The summed E-state index contributed by atoms with van der Waals surface area (Å²) < 4.78 is 30.5. The second-order valence-electron chi connectivity index (χ2n) is 6.67. The van der Waals surface area contributed by atoms with Crippen molar-refractivity contribution in [3.63, 3.8) is 0 Å². The molecule has 132 valence electrons. The molecule has 1 aromatic heterocycles. The SMILES string of the molecule is CS(=O)(=O)N1CCc2cc(C(=O)N(Cc3ccco3)C3CC3)ccc21. The van der Waals surface area contributed by atoms with Crippen molar-refractivity contribution < 1.29 is 17.6 Å². The van der Waals surface area contributed by atoms with Crippen LogP contribution in [0, 0.1) is 0 Å². The number of fused-ring (bicyclic) bond motifs is 1. The molecule has 2 aromatic rings. The molecule has 2 aliphatic rings. The number of nitrogens with zero attached hydrogens (tertiary/aromatic N) is 2. The molecule has 1 aliphatic heterocycles. The highest BCUT2D eigenvalue weighted by atomic mass is 32.2. The molecule has 1 aromatic carbocycles. The van der Waals surface area contributed by atoms with Gasteiger partial charge in [0.05, 0.1) is 24.8 Å². The third kappa shape index (κ3) is 3.16. The average Bonchev–Trinajstić information content (AvgIpc) is 3.10. The molecule has 0 saturated heterocycles. The van der Waals surface area contributed by atoms with Crippen molar-refractivity contribution in [2.45, 2.75) is 31.8 Å². The van der Waals surface area contributed by atoms with Crippen molar-refractivity contribution in [2.24, 2.45) is 0 Å². The van der Waals surface area contributed by atoms with E-state index < -0.39 is 10.0 Å². The summed E-state index contributed by atoms with van der Waals surface area (Å²) in [7, 11) is -3.28. The van der Waals surface area contributed by atoms with E-state index in [1.54, 1.807) is 18.4 Å². The Morgan fingerprint density at radius 2 is 2.12 bits per heavy atom. The van der Waals surface area contributed by atoms with E-state index in [0.29, 0.717) is 30.8 Å². The van der Waals surface area contributed by atoms with E-state index in [-0.39, 0.29) is 11.9 Å². The van der Waals surface area contributed by atoms with Gasteiger partial charge in [0.25, 0.3) is 5.91 Å². The molecule has 7 heteroatoms. The summed E-state index contributed by atoms with van der Waals surface area (Å²) in [5.41, 5.74) is 2.20. The number of carbonyl (C=O) groups excluding carboxylic acids is 1. The van der Waals surface area contributed by atoms with Gasteiger partial charge in [0.15, 0.2) is 0 Å². The number of rotatable bonds is 5. The molecule has 2 heterocycles. The minimum atomic E-state index is -3.28. The Morgan fingerprint density at radius 1 is 1.32 bits per heavy atom. The number of sulfonamides is 1. The Balaban J connectivity index is 1.60. The monoisotopic (exact) mass is 360 g/mol. The van der Waals surface area contributed by atoms with E-state index in [1.807, 2.05) is 23.1 Å². The van der Waals surface area contributed by atoms with Gasteiger partial charge in [-0.2, -0.15) is 0 Å². The lowest BCUT2D eigenvalue weighted by Gasteiger charge is -2.22. The normalized spacial score (nSPS) is 16.8. The third-order valence-electron chi connectivity index (χ3n) is 4.73. The van der Waals surface area contributed by atoms with E-state index in [1.165, 1.54) is 10.6 Å². The highest BCUT2D eigenvalue weighted by Gasteiger charge is 2.34. The van der Waals surface area contributed by atoms with Crippen molar-refractivity contribution in [2.75, 3.05) is 17.1 Å². The molecule has 1 amide bonds. The van der Waals surface area contributed by atoms with E-state index in [9.17, 15) is 13.2 Å². The Hall–Kier alpha value is -2.28. The number of furan rings is 1. The molecule has 0 N–H and O–H groups in total. The van der Waals surface area contributed by atoms with E-state index in [4.69, 9.17) is 4.42 Å². The fourth-order valence-corrected chi connectivity index (χ4v) is 4.30. The first-order valence-corrected chi connectivity index (χ1v) is 10.2. The number of anilines is 1. The summed E-state index contributed by atoms with van der Waals surface area (Å²) in [4.78, 5) is 14.8. The van der Waals surface area contributed by atoms with Crippen LogP contribution in [0.15, 0.2) is 41.0 Å². The number of benzene rings is 1. The van der Waals surface area contributed by atoms with Gasteiger partial charge in [-0.3, -0.25) is 9.10 Å². The largest absolute Gasteiger partial charge is 0.467 e. The maximum atomic E-state index is 13.0. The Kier molecular flexibility index (Phi) is 3.83. The van der Waals surface area contributed by atoms with E-state index in [0.717, 1.165) is 24.2 Å². The molecule has 1 aliphatic carbocycles. The molecular weight excluding hydrogens is 340 g/mol. The van der Waals surface area contributed by atoms with Gasteiger partial charge >= 0.3 is 0 Å². The first-order valence-electron chi connectivity index (χ1n) is 8.37. The fraction of sp³-hybridized carbons (Fsp3) is 0.389. The zero-order valence-electron chi connectivity index (χ0n) is 14.0. The zero-order chi connectivity index (χ0) is 17.6. The molecule has 0 unspecified atom stereocenters. The topological polar surface area (TPSA) is 70.8 Å². The first kappa shape index (κ1) is 16.2. The minimum Gasteiger partial charge on any atom is -0.467 e. The average molecular weight is 360 g/mol. The van der Waals surface area contributed by atoms with Gasteiger partial charge in [0, 0.05) is 18.2 Å². The van der Waals surface area contributed by atoms with Crippen LogP contribution in [0.5, 0.6) is 0 Å². The summed E-state index contributed by atoms with van der Waals surface area (Å²) >= 11 is 0. The Morgan fingerprint density at radius 3 is 2.76 bits per heavy atom. The zero-order valence-corrected chi connectivity index (χ0v) is 14.8. The number of carbonyl (C=O) groups is 1. The lowest BCUT2D eigenvalue weighted by atomic mass is 10.1. The van der Waals surface area contributed by atoms with Gasteiger partial charge in [-0.15, -0.1) is 0 Å². The Bertz CT molecular complexity index is 901. The van der Waals surface area contributed by atoms with Crippen molar-refractivity contribution in [3.05, 3.63) is 53.5 Å². The van der Waals surface area contributed by atoms with Crippen molar-refractivity contribution in [1.82, 2.24) is 4.90 Å². The molecule has 0 spiro atoms. The molecule has 0 bridgehead atoms. The van der Waals surface area contributed by atoms with Gasteiger partial charge in [0.1, 0.15) is 5.76 Å². The van der Waals surface area contributed by atoms with Crippen LogP contribution < -0.4 is 4.31 Å². The van der Waals surface area contributed by atoms with Gasteiger partial charge in [0.2, 0.25) is 10.0 Å². The molecule has 1 saturated carbocycles. The van der Waals surface area contributed by atoms with Gasteiger partial charge < -0.3 is 9.32 Å². The third-order valence-corrected chi connectivity index (χ3v) is 5.91. The van der Waals surface area contributed by atoms with Crippen LogP contribution in [-0.2, 0) is 23.0 Å². The second-order valence-corrected chi connectivity index (χ2v) is 8.58. The fourth-order valence-electron chi connectivity index (χ4n) is 3.34. The lowest BCUT2D eigenvalue weighted by Crippen LogP contribution is -2.32. The summed E-state index contributed by atoms with van der Waals surface area (Å²) in [6.45, 7) is 0.896. The lowest BCUT2D eigenvalue weighted by molar-refractivity contribution is 0.0717. The van der Waals surface area contributed by atoms with Crippen LogP contribution in [0.2, 0.25) is 0 Å². The highest BCUT2D eigenvalue weighted by Crippen LogP contribution is 2.33. The molecular formula is C18H20N2O4S. The van der Waals surface area contributed by atoms with Crippen LogP contribution >= 0.6 is 0 Å². The number of hydrogen-bond acceptors (Lipinski definition) is 4. The summed E-state index contributed by atoms with van der Waals surface area (Å²) in [6, 6.07) is 9.25. The van der Waals surface area contributed by atoms with Gasteiger partial charge in [-0.25, -0.2) is 8.42 Å². The number of hydrogen-bond donors (Lipinski definition) is 0. The molecule has 6 nitrogen and oxygen atoms in total. The van der Waals surface area contributed by atoms with Crippen LogP contribution in [-0.4, -0.2) is 38.1 Å². The summed E-state index contributed by atoms with van der Waals surface area (Å²) in [6.07, 6.45) is 5.48. The van der Waals surface area contributed by atoms with E-state index in [2.05, 4.69) is 0 Å². The van der Waals surface area contributed by atoms with Gasteiger partial charge in [-0.05, 0) is 55.2 Å². The molecule has 0 radical (unpaired) electrons. The minimum absolute atomic E-state index is 0.0282. The van der Waals surface area contributed by atoms with Crippen LogP contribution in [0.3, 0.4) is 0 Å². The standard InChI is InChI=1S/C18H20N2O4S/c1-25(22,23)20-9-8-13-11-14(4-7-17(13)20)18(21)19(15-5-6-15)12-16-3-2-10-24-16/h2-4,7,10-11,15H,5-6,8-9,12H2,1H3. The predicted molar refractivity (Wildman–Crippen MR) is 93.9 cm³/mol. The quantitative estimate of drug-likeness (QED) is 0.821. The van der Waals surface area contributed by atoms with Crippen molar-refractivity contribution in [3.8, 4) is 0 Å². The molecule has 4 rings (SSSR count). The smallest absolute Gasteiger partial charge is 0.254 e. The number of amides is 1. The maximum absolute atomic E-state index is 13.0. The molecule has 25 heavy (non-hydrogen) atoms. The van der Waals surface area contributed by atoms with Crippen molar-refractivity contribution >= 4 is 21.6 Å². The predicted octanol–water partition coefficient (Wildman–Crippen LogP) is 2.41. The highest BCUT2D eigenvalue weighted by molar-refractivity contribution is 7.92. The summed E-state index contributed by atoms with van der Waals surface area (Å²) in [5.74, 6) is 0.740. The van der Waals surface area contributed by atoms with E-state index >= 15 is 0 Å².